The van der Waals surface area contributed by atoms with Crippen molar-refractivity contribution in [3.8, 4) is 5.69 Å². The van der Waals surface area contributed by atoms with E-state index in [-0.39, 0.29) is 5.91 Å². The van der Waals surface area contributed by atoms with Gasteiger partial charge in [-0.1, -0.05) is 84.6 Å². The van der Waals surface area contributed by atoms with E-state index in [0.717, 1.165) is 40.2 Å². The number of benzene rings is 3. The number of nitrogens with zero attached hydrogens (tertiary/aromatic N) is 5. The Labute approximate surface area is 230 Å². The lowest BCUT2D eigenvalue weighted by Crippen LogP contribution is -2.36. The molecule has 0 saturated heterocycles. The lowest BCUT2D eigenvalue weighted by molar-refractivity contribution is 0.0729. The van der Waals surface area contributed by atoms with Crippen molar-refractivity contribution in [1.29, 1.82) is 0 Å². The number of carbonyl (C=O) groups excluding carboxylic acids is 1. The first-order chi connectivity index (χ1) is 18.7. The predicted octanol–water partition coefficient (Wildman–Crippen LogP) is 6.11. The summed E-state index contributed by atoms with van der Waals surface area (Å²) in [5.74, 6) is 1.52. The number of para-hydroxylation sites is 1. The Balaban J connectivity index is 1.20. The molecule has 190 valence electrons. The molecule has 2 aromatic heterocycles. The monoisotopic (exact) mass is 537 g/mol. The van der Waals surface area contributed by atoms with Crippen LogP contribution in [0.1, 0.15) is 43.6 Å². The lowest BCUT2D eigenvalue weighted by Gasteiger charge is -2.28. The summed E-state index contributed by atoms with van der Waals surface area (Å²) in [7, 11) is 0. The molecule has 3 aromatic carbocycles. The van der Waals surface area contributed by atoms with E-state index in [1.807, 2.05) is 46.7 Å². The quantitative estimate of drug-likeness (QED) is 0.234. The first-order valence-electron chi connectivity index (χ1n) is 12.6. The fourth-order valence-corrected chi connectivity index (χ4v) is 6.53. The normalized spacial score (nSPS) is 12.9. The largest absolute Gasteiger partial charge is 0.333 e. The molecule has 1 aliphatic rings. The van der Waals surface area contributed by atoms with E-state index in [9.17, 15) is 4.79 Å². The van der Waals surface area contributed by atoms with Crippen LogP contribution in [-0.2, 0) is 25.1 Å². The minimum Gasteiger partial charge on any atom is -0.333 e. The molecule has 5 aromatic rings. The number of carbonyl (C=O) groups is 1. The first-order valence-corrected chi connectivity index (χ1v) is 14.5. The smallest absolute Gasteiger partial charge is 0.273 e. The van der Waals surface area contributed by atoms with Crippen LogP contribution in [0.2, 0.25) is 0 Å². The molecular weight excluding hydrogens is 510 g/mol. The van der Waals surface area contributed by atoms with Crippen molar-refractivity contribution in [3.63, 3.8) is 0 Å². The Morgan fingerprint density at radius 3 is 2.55 bits per heavy atom. The third-order valence-electron chi connectivity index (χ3n) is 6.78. The second kappa shape index (κ2) is 10.9. The van der Waals surface area contributed by atoms with Crippen molar-refractivity contribution in [2.75, 3.05) is 6.54 Å². The summed E-state index contributed by atoms with van der Waals surface area (Å²) >= 11 is 3.12. The van der Waals surface area contributed by atoms with Gasteiger partial charge >= 0.3 is 0 Å². The van der Waals surface area contributed by atoms with E-state index in [0.29, 0.717) is 24.4 Å². The number of amides is 1. The van der Waals surface area contributed by atoms with Crippen molar-refractivity contribution in [1.82, 2.24) is 24.6 Å². The Morgan fingerprint density at radius 1 is 0.947 bits per heavy atom. The SMILES string of the molecule is Cc1ccccc1-n1c(Cc2ccccc2)nnc1SCc1nc(C(=O)N2CCc3ccccc3C2)cs1. The van der Waals surface area contributed by atoms with Crippen LogP contribution in [0.4, 0.5) is 0 Å². The van der Waals surface area contributed by atoms with Crippen LogP contribution in [0.25, 0.3) is 5.69 Å². The van der Waals surface area contributed by atoms with E-state index < -0.39 is 0 Å². The van der Waals surface area contributed by atoms with Crippen molar-refractivity contribution < 1.29 is 4.79 Å². The Kier molecular flexibility index (Phi) is 7.07. The molecule has 1 amide bonds. The molecule has 0 unspecified atom stereocenters. The molecule has 1 aliphatic heterocycles. The van der Waals surface area contributed by atoms with Gasteiger partial charge in [0.15, 0.2) is 5.16 Å². The maximum Gasteiger partial charge on any atom is 0.273 e. The molecule has 0 bridgehead atoms. The van der Waals surface area contributed by atoms with Crippen LogP contribution in [0, 0.1) is 6.92 Å². The Bertz CT molecular complexity index is 1580. The highest BCUT2D eigenvalue weighted by Gasteiger charge is 2.24. The van der Waals surface area contributed by atoms with E-state index >= 15 is 0 Å². The van der Waals surface area contributed by atoms with Crippen LogP contribution >= 0.6 is 23.1 Å². The second-order valence-corrected chi connectivity index (χ2v) is 11.2. The predicted molar refractivity (Wildman–Crippen MR) is 152 cm³/mol. The maximum absolute atomic E-state index is 13.2. The number of hydrogen-bond acceptors (Lipinski definition) is 6. The molecule has 38 heavy (non-hydrogen) atoms. The van der Waals surface area contributed by atoms with E-state index in [1.165, 1.54) is 28.0 Å². The molecule has 0 atom stereocenters. The maximum atomic E-state index is 13.2. The number of aromatic nitrogens is 4. The lowest BCUT2D eigenvalue weighted by atomic mass is 10.00. The number of thioether (sulfide) groups is 1. The van der Waals surface area contributed by atoms with Crippen LogP contribution in [0.5, 0.6) is 0 Å². The molecule has 8 heteroatoms. The number of hydrogen-bond donors (Lipinski definition) is 0. The van der Waals surface area contributed by atoms with Gasteiger partial charge in [0.25, 0.3) is 5.91 Å². The van der Waals surface area contributed by atoms with Crippen LogP contribution in [-0.4, -0.2) is 37.1 Å². The molecule has 0 radical (unpaired) electrons. The first kappa shape index (κ1) is 24.6. The summed E-state index contributed by atoms with van der Waals surface area (Å²) in [6.07, 6.45) is 1.58. The van der Waals surface area contributed by atoms with E-state index in [2.05, 4.69) is 64.2 Å². The summed E-state index contributed by atoms with van der Waals surface area (Å²) in [4.78, 5) is 19.8. The molecule has 0 aliphatic carbocycles. The number of aryl methyl sites for hydroxylation is 1. The van der Waals surface area contributed by atoms with Crippen LogP contribution < -0.4 is 0 Å². The average Bonchev–Trinajstić information content (AvgIpc) is 3.59. The molecule has 6 rings (SSSR count). The highest BCUT2D eigenvalue weighted by atomic mass is 32.2. The van der Waals surface area contributed by atoms with E-state index in [4.69, 9.17) is 4.98 Å². The van der Waals surface area contributed by atoms with Crippen molar-refractivity contribution >= 4 is 29.0 Å². The highest BCUT2D eigenvalue weighted by Crippen LogP contribution is 2.29. The molecular formula is C30H27N5OS2. The van der Waals surface area contributed by atoms with Gasteiger partial charge in [0.2, 0.25) is 0 Å². The Hall–Kier alpha value is -3.75. The summed E-state index contributed by atoms with van der Waals surface area (Å²) < 4.78 is 2.15. The summed E-state index contributed by atoms with van der Waals surface area (Å²) in [5.41, 5.74) is 6.50. The standard InChI is InChI=1S/C30H27N5OS2/c1-21-9-5-8-14-26(21)35-27(17-22-10-3-2-4-11-22)32-33-30(35)38-20-28-31-25(19-37-28)29(36)34-16-15-23-12-6-7-13-24(23)18-34/h2-14,19H,15-18,20H2,1H3. The van der Waals surface area contributed by atoms with Gasteiger partial charge in [-0.05, 0) is 41.7 Å². The van der Waals surface area contributed by atoms with Gasteiger partial charge in [0, 0.05) is 24.9 Å². The minimum atomic E-state index is 0.000211. The third kappa shape index (κ3) is 5.14. The molecule has 0 N–H and O–H groups in total. The molecule has 0 fully saturated rings. The topological polar surface area (TPSA) is 63.9 Å². The van der Waals surface area contributed by atoms with Gasteiger partial charge in [0.05, 0.1) is 11.4 Å². The van der Waals surface area contributed by atoms with Gasteiger partial charge in [-0.15, -0.1) is 21.5 Å². The number of fused-ring (bicyclic) bond motifs is 1. The second-order valence-electron chi connectivity index (χ2n) is 9.34. The van der Waals surface area contributed by atoms with Crippen molar-refractivity contribution in [2.45, 2.75) is 37.2 Å². The van der Waals surface area contributed by atoms with E-state index in [1.54, 1.807) is 11.8 Å². The third-order valence-corrected chi connectivity index (χ3v) is 8.75. The van der Waals surface area contributed by atoms with Gasteiger partial charge < -0.3 is 4.90 Å². The summed E-state index contributed by atoms with van der Waals surface area (Å²) in [5, 5.41) is 12.7. The fourth-order valence-electron chi connectivity index (χ4n) is 4.78. The van der Waals surface area contributed by atoms with Crippen molar-refractivity contribution in [3.05, 3.63) is 123 Å². The molecule has 6 nitrogen and oxygen atoms in total. The number of rotatable bonds is 7. The zero-order valence-corrected chi connectivity index (χ0v) is 22.7. The minimum absolute atomic E-state index is 0.000211. The van der Waals surface area contributed by atoms with Crippen molar-refractivity contribution in [2.24, 2.45) is 0 Å². The summed E-state index contributed by atoms with van der Waals surface area (Å²) in [6, 6.07) is 27.0. The highest BCUT2D eigenvalue weighted by molar-refractivity contribution is 7.98. The Morgan fingerprint density at radius 2 is 1.71 bits per heavy atom. The fraction of sp³-hybridized carbons (Fsp3) is 0.200. The van der Waals surface area contributed by atoms with Crippen LogP contribution in [0.3, 0.4) is 0 Å². The van der Waals surface area contributed by atoms with Gasteiger partial charge in [0.1, 0.15) is 16.5 Å². The molecule has 0 spiro atoms. The summed E-state index contributed by atoms with van der Waals surface area (Å²) in [6.45, 7) is 3.47. The van der Waals surface area contributed by atoms with Crippen LogP contribution in [0.15, 0.2) is 89.4 Å². The number of thiazole rings is 1. The van der Waals surface area contributed by atoms with Gasteiger partial charge in [-0.3, -0.25) is 9.36 Å². The molecule has 0 saturated carbocycles. The zero-order chi connectivity index (χ0) is 25.9. The zero-order valence-electron chi connectivity index (χ0n) is 21.1. The van der Waals surface area contributed by atoms with Gasteiger partial charge in [-0.2, -0.15) is 0 Å². The van der Waals surface area contributed by atoms with Gasteiger partial charge in [-0.25, -0.2) is 4.98 Å². The average molecular weight is 538 g/mol. The molecule has 3 heterocycles.